The largest absolute Gasteiger partial charge is 0.466 e. The van der Waals surface area contributed by atoms with E-state index in [0.717, 1.165) is 0 Å². The summed E-state index contributed by atoms with van der Waals surface area (Å²) in [5, 5.41) is 0. The van der Waals surface area contributed by atoms with Gasteiger partial charge in [0.2, 0.25) is 5.91 Å². The first-order chi connectivity index (χ1) is 12.2. The zero-order valence-electron chi connectivity index (χ0n) is 19.5. The molecule has 160 valence electrons. The first-order valence-corrected chi connectivity index (χ1v) is 9.86. The van der Waals surface area contributed by atoms with E-state index >= 15 is 0 Å². The topological polar surface area (TPSA) is 53.1 Å². The molecule has 0 saturated carbocycles. The summed E-state index contributed by atoms with van der Waals surface area (Å²) < 4.78 is 5.56. The van der Waals surface area contributed by atoms with E-state index < -0.39 is 0 Å². The van der Waals surface area contributed by atoms with Crippen molar-refractivity contribution < 1.29 is 14.3 Å². The molecule has 0 aliphatic carbocycles. The molecule has 0 fully saturated rings. The second kappa shape index (κ2) is 10.4. The number of hydrogen-bond acceptors (Lipinski definition) is 5. The van der Waals surface area contributed by atoms with Crippen LogP contribution in [0.25, 0.3) is 0 Å². The van der Waals surface area contributed by atoms with Gasteiger partial charge in [0.1, 0.15) is 0 Å². The number of rotatable bonds is 11. The van der Waals surface area contributed by atoms with E-state index in [-0.39, 0.29) is 34.8 Å². The highest BCUT2D eigenvalue weighted by atomic mass is 16.5. The van der Waals surface area contributed by atoms with Crippen LogP contribution in [0.5, 0.6) is 0 Å². The number of carbonyl (C=O) groups excluding carboxylic acids is 2. The van der Waals surface area contributed by atoms with E-state index in [0.29, 0.717) is 25.9 Å². The number of hydrogen-bond donors (Lipinski definition) is 0. The van der Waals surface area contributed by atoms with Gasteiger partial charge in [0.25, 0.3) is 0 Å². The maximum Gasteiger partial charge on any atom is 0.306 e. The number of esters is 1. The van der Waals surface area contributed by atoms with Gasteiger partial charge in [-0.15, -0.1) is 0 Å². The highest BCUT2D eigenvalue weighted by Gasteiger charge is 2.35. The Morgan fingerprint density at radius 2 is 1.37 bits per heavy atom. The minimum Gasteiger partial charge on any atom is -0.466 e. The van der Waals surface area contributed by atoms with Crippen molar-refractivity contribution in [3.8, 4) is 0 Å². The Labute approximate surface area is 167 Å². The van der Waals surface area contributed by atoms with Crippen LogP contribution in [0.3, 0.4) is 0 Å². The van der Waals surface area contributed by atoms with Gasteiger partial charge < -0.3 is 19.4 Å². The van der Waals surface area contributed by atoms with Gasteiger partial charge in [-0.1, -0.05) is 13.8 Å². The van der Waals surface area contributed by atoms with E-state index in [1.54, 1.807) is 19.0 Å². The summed E-state index contributed by atoms with van der Waals surface area (Å²) in [6, 6.07) is 0. The second-order valence-corrected chi connectivity index (χ2v) is 9.27. The van der Waals surface area contributed by atoms with Gasteiger partial charge in [0, 0.05) is 38.0 Å². The minimum atomic E-state index is -0.222. The van der Waals surface area contributed by atoms with E-state index in [1.165, 1.54) is 0 Å². The van der Waals surface area contributed by atoms with Crippen molar-refractivity contribution in [2.24, 2.45) is 11.8 Å². The molecule has 0 aromatic heterocycles. The summed E-state index contributed by atoms with van der Waals surface area (Å²) in [5.41, 5.74) is -0.293. The molecular weight excluding hydrogens is 342 g/mol. The van der Waals surface area contributed by atoms with E-state index in [1.807, 2.05) is 28.2 Å². The zero-order valence-corrected chi connectivity index (χ0v) is 19.5. The van der Waals surface area contributed by atoms with Crippen LogP contribution in [0, 0.1) is 11.8 Å². The van der Waals surface area contributed by atoms with Crippen LogP contribution in [-0.2, 0) is 14.3 Å². The van der Waals surface area contributed by atoms with Crippen LogP contribution in [0.4, 0.5) is 0 Å². The van der Waals surface area contributed by atoms with Gasteiger partial charge in [-0.05, 0) is 67.2 Å². The van der Waals surface area contributed by atoms with Crippen molar-refractivity contribution in [2.45, 2.75) is 65.0 Å². The Bertz CT molecular complexity index is 489. The van der Waals surface area contributed by atoms with Crippen molar-refractivity contribution in [3.05, 3.63) is 0 Å². The lowest BCUT2D eigenvalue weighted by atomic mass is 9.80. The molecule has 0 saturated heterocycles. The summed E-state index contributed by atoms with van der Waals surface area (Å²) in [7, 11) is 11.6. The monoisotopic (exact) mass is 385 g/mol. The third-order valence-corrected chi connectivity index (χ3v) is 6.77. The molecule has 0 aliphatic rings. The van der Waals surface area contributed by atoms with Gasteiger partial charge in [-0.3, -0.25) is 9.59 Å². The predicted molar refractivity (Wildman–Crippen MR) is 112 cm³/mol. The van der Waals surface area contributed by atoms with E-state index in [9.17, 15) is 9.59 Å². The van der Waals surface area contributed by atoms with Crippen molar-refractivity contribution >= 4 is 11.9 Å². The summed E-state index contributed by atoms with van der Waals surface area (Å²) in [4.78, 5) is 30.3. The molecule has 0 rings (SSSR count). The molecule has 0 N–H and O–H groups in total. The molecular formula is C21H43N3O3. The molecule has 0 spiro atoms. The quantitative estimate of drug-likeness (QED) is 0.512. The van der Waals surface area contributed by atoms with Gasteiger partial charge in [0.05, 0.1) is 6.61 Å². The fraction of sp³-hybridized carbons (Fsp3) is 0.905. The summed E-state index contributed by atoms with van der Waals surface area (Å²) in [5.74, 6) is 0.299. The Morgan fingerprint density at radius 3 is 1.78 bits per heavy atom. The highest BCUT2D eigenvalue weighted by molar-refractivity contribution is 5.75. The fourth-order valence-corrected chi connectivity index (χ4v) is 2.95. The number of nitrogens with zero attached hydrogens (tertiary/aromatic N) is 3. The van der Waals surface area contributed by atoms with Crippen molar-refractivity contribution in [2.75, 3.05) is 48.9 Å². The summed E-state index contributed by atoms with van der Waals surface area (Å²) in [6.07, 6.45) is 1.57. The Morgan fingerprint density at radius 1 is 0.852 bits per heavy atom. The first kappa shape index (κ1) is 25.9. The molecule has 0 heterocycles. The molecule has 3 unspecified atom stereocenters. The molecule has 6 nitrogen and oxygen atoms in total. The van der Waals surface area contributed by atoms with Crippen LogP contribution in [0.15, 0.2) is 0 Å². The molecule has 27 heavy (non-hydrogen) atoms. The maximum atomic E-state index is 12.3. The number of carbonyl (C=O) groups is 2. The van der Waals surface area contributed by atoms with Gasteiger partial charge >= 0.3 is 5.97 Å². The third-order valence-electron chi connectivity index (χ3n) is 6.77. The van der Waals surface area contributed by atoms with Crippen LogP contribution in [0.2, 0.25) is 0 Å². The minimum absolute atomic E-state index is 0.0712. The summed E-state index contributed by atoms with van der Waals surface area (Å²) in [6.45, 7) is 10.9. The van der Waals surface area contributed by atoms with Gasteiger partial charge in [-0.2, -0.15) is 0 Å². The fourth-order valence-electron chi connectivity index (χ4n) is 2.95. The van der Waals surface area contributed by atoms with Crippen molar-refractivity contribution in [1.29, 1.82) is 0 Å². The normalized spacial score (nSPS) is 16.8. The van der Waals surface area contributed by atoms with Crippen LogP contribution in [-0.4, -0.2) is 86.5 Å². The van der Waals surface area contributed by atoms with E-state index in [2.05, 4.69) is 44.4 Å². The molecule has 0 bridgehead atoms. The second-order valence-electron chi connectivity index (χ2n) is 9.27. The maximum absolute atomic E-state index is 12.3. The van der Waals surface area contributed by atoms with Crippen molar-refractivity contribution in [3.63, 3.8) is 0 Å². The van der Waals surface area contributed by atoms with Crippen LogP contribution >= 0.6 is 0 Å². The lowest BCUT2D eigenvalue weighted by Gasteiger charge is -2.42. The average Bonchev–Trinajstić information content (AvgIpc) is 2.53. The standard InChI is InChI=1S/C21H43N3O3/c1-16(20(3,4)23(8)9)15-19(26)27-13-12-21(5,24(10)11)17(2)14-18(25)22(6)7/h16-17H,12-15H2,1-11H3. The van der Waals surface area contributed by atoms with Crippen LogP contribution < -0.4 is 0 Å². The third kappa shape index (κ3) is 7.41. The average molecular weight is 386 g/mol. The van der Waals surface area contributed by atoms with Crippen molar-refractivity contribution in [1.82, 2.24) is 14.7 Å². The molecule has 0 aromatic rings. The Hall–Kier alpha value is -1.14. The van der Waals surface area contributed by atoms with Crippen LogP contribution in [0.1, 0.15) is 53.9 Å². The zero-order chi connectivity index (χ0) is 21.6. The molecule has 0 aliphatic heterocycles. The lowest BCUT2D eigenvalue weighted by molar-refractivity contribution is -0.147. The smallest absolute Gasteiger partial charge is 0.306 e. The SMILES string of the molecule is CC(CC(=O)OCCC(C)(C(C)CC(=O)N(C)C)N(C)C)C(C)(C)N(C)C. The molecule has 3 atom stereocenters. The molecule has 0 aromatic carbocycles. The van der Waals surface area contributed by atoms with Gasteiger partial charge in [0.15, 0.2) is 0 Å². The highest BCUT2D eigenvalue weighted by Crippen LogP contribution is 2.30. The molecule has 0 radical (unpaired) electrons. The Balaban J connectivity index is 4.75. The van der Waals surface area contributed by atoms with Gasteiger partial charge in [-0.25, -0.2) is 0 Å². The van der Waals surface area contributed by atoms with E-state index in [4.69, 9.17) is 4.74 Å². The number of amides is 1. The number of ether oxygens (including phenoxy) is 1. The Kier molecular flexibility index (Phi) is 9.98. The predicted octanol–water partition coefficient (Wildman–Crippen LogP) is 2.72. The first-order valence-electron chi connectivity index (χ1n) is 9.86. The summed E-state index contributed by atoms with van der Waals surface area (Å²) >= 11 is 0. The lowest BCUT2D eigenvalue weighted by Crippen LogP contribution is -2.49. The molecule has 6 heteroatoms. The molecule has 1 amide bonds.